The number of aromatic amines is 1. The lowest BCUT2D eigenvalue weighted by Gasteiger charge is -2.31. The number of rotatable bonds is 5. The molecule has 3 rings (SSSR count). The van der Waals surface area contributed by atoms with Gasteiger partial charge in [0.05, 0.1) is 13.2 Å². The molecule has 136 valence electrons. The molecule has 1 aliphatic heterocycles. The monoisotopic (exact) mass is 347 g/mol. The molecule has 1 atom stereocenters. The third-order valence-electron chi connectivity index (χ3n) is 4.82. The number of hydrogen-bond donors (Lipinski definition) is 1. The van der Waals surface area contributed by atoms with Crippen molar-refractivity contribution < 1.29 is 13.9 Å². The molecule has 1 aliphatic rings. The van der Waals surface area contributed by atoms with Gasteiger partial charge in [-0.3, -0.25) is 9.69 Å². The summed E-state index contributed by atoms with van der Waals surface area (Å²) < 4.78 is 10.6. The third kappa shape index (κ3) is 3.61. The lowest BCUT2D eigenvalue weighted by atomic mass is 9.96. The predicted octanol–water partition coefficient (Wildman–Crippen LogP) is 2.62. The zero-order valence-corrected chi connectivity index (χ0v) is 15.1. The van der Waals surface area contributed by atoms with Crippen LogP contribution < -0.4 is 5.56 Å². The second-order valence-electron chi connectivity index (χ2n) is 6.60. The molecule has 0 bridgehead atoms. The van der Waals surface area contributed by atoms with Gasteiger partial charge in [0.2, 0.25) is 5.71 Å². The Bertz CT molecular complexity index is 824. The Morgan fingerprint density at radius 3 is 2.96 bits per heavy atom. The molecule has 1 fully saturated rings. The van der Waals surface area contributed by atoms with Gasteiger partial charge in [0, 0.05) is 6.54 Å². The fourth-order valence-corrected chi connectivity index (χ4v) is 3.53. The largest absolute Gasteiger partial charge is 0.462 e. The minimum atomic E-state index is -0.555. The van der Waals surface area contributed by atoms with Crippen molar-refractivity contribution in [2.75, 3.05) is 19.7 Å². The van der Waals surface area contributed by atoms with E-state index in [4.69, 9.17) is 9.15 Å². The van der Waals surface area contributed by atoms with E-state index in [1.165, 1.54) is 12.8 Å². The Kier molecular flexibility index (Phi) is 5.22. The Morgan fingerprint density at radius 1 is 1.44 bits per heavy atom. The summed E-state index contributed by atoms with van der Waals surface area (Å²) in [5.74, 6) is 1.07. The number of hydrogen-bond acceptors (Lipinski definition) is 6. The minimum Gasteiger partial charge on any atom is -0.462 e. The van der Waals surface area contributed by atoms with Crippen LogP contribution in [0.4, 0.5) is 0 Å². The Labute approximate surface area is 146 Å². The third-order valence-corrected chi connectivity index (χ3v) is 4.82. The van der Waals surface area contributed by atoms with E-state index in [-0.39, 0.29) is 28.8 Å². The van der Waals surface area contributed by atoms with Crippen LogP contribution in [0.15, 0.2) is 9.21 Å². The maximum atomic E-state index is 12.5. The van der Waals surface area contributed by atoms with Gasteiger partial charge in [-0.25, -0.2) is 4.79 Å². The van der Waals surface area contributed by atoms with Crippen LogP contribution in [0.5, 0.6) is 0 Å². The highest BCUT2D eigenvalue weighted by Crippen LogP contribution is 2.23. The van der Waals surface area contributed by atoms with Crippen molar-refractivity contribution in [3.05, 3.63) is 27.5 Å². The molecule has 0 radical (unpaired) electrons. The first-order chi connectivity index (χ1) is 12.0. The molecular formula is C18H25N3O4. The van der Waals surface area contributed by atoms with Crippen molar-refractivity contribution in [1.82, 2.24) is 14.9 Å². The molecule has 1 N–H and O–H groups in total. The summed E-state index contributed by atoms with van der Waals surface area (Å²) in [5, 5.41) is 0.171. The van der Waals surface area contributed by atoms with Crippen molar-refractivity contribution in [1.29, 1.82) is 0 Å². The number of furan rings is 1. The van der Waals surface area contributed by atoms with Crippen LogP contribution in [0.25, 0.3) is 11.1 Å². The summed E-state index contributed by atoms with van der Waals surface area (Å²) in [7, 11) is 0. The highest BCUT2D eigenvalue weighted by atomic mass is 16.5. The Morgan fingerprint density at radius 2 is 2.24 bits per heavy atom. The van der Waals surface area contributed by atoms with Gasteiger partial charge in [0.1, 0.15) is 22.5 Å². The second-order valence-corrected chi connectivity index (χ2v) is 6.60. The number of piperidine rings is 1. The fourth-order valence-electron chi connectivity index (χ4n) is 3.53. The molecule has 0 saturated carbocycles. The highest BCUT2D eigenvalue weighted by molar-refractivity contribution is 6.03. The lowest BCUT2D eigenvalue weighted by molar-refractivity contribution is 0.0526. The van der Waals surface area contributed by atoms with Gasteiger partial charge in [0.25, 0.3) is 5.56 Å². The maximum absolute atomic E-state index is 12.5. The van der Waals surface area contributed by atoms with E-state index >= 15 is 0 Å². The highest BCUT2D eigenvalue weighted by Gasteiger charge is 2.24. The average Bonchev–Trinajstić information content (AvgIpc) is 2.91. The van der Waals surface area contributed by atoms with Gasteiger partial charge in [0.15, 0.2) is 0 Å². The average molecular weight is 347 g/mol. The Balaban J connectivity index is 1.90. The molecule has 0 spiro atoms. The van der Waals surface area contributed by atoms with Gasteiger partial charge in [-0.2, -0.15) is 4.98 Å². The van der Waals surface area contributed by atoms with Crippen LogP contribution in [-0.4, -0.2) is 40.5 Å². The first-order valence-corrected chi connectivity index (χ1v) is 8.95. The summed E-state index contributed by atoms with van der Waals surface area (Å²) in [6, 6.07) is 0. The van der Waals surface area contributed by atoms with Crippen LogP contribution in [-0.2, 0) is 11.3 Å². The van der Waals surface area contributed by atoms with E-state index in [1.54, 1.807) is 13.8 Å². The first-order valence-electron chi connectivity index (χ1n) is 8.95. The normalized spacial score (nSPS) is 18.6. The zero-order chi connectivity index (χ0) is 18.0. The number of aryl methyl sites for hydroxylation is 1. The summed E-state index contributed by atoms with van der Waals surface area (Å²) in [5.41, 5.74) is 0.00785. The maximum Gasteiger partial charge on any atom is 0.342 e. The summed E-state index contributed by atoms with van der Waals surface area (Å²) >= 11 is 0. The van der Waals surface area contributed by atoms with Crippen molar-refractivity contribution in [2.24, 2.45) is 5.92 Å². The topological polar surface area (TPSA) is 88.4 Å². The van der Waals surface area contributed by atoms with E-state index in [2.05, 4.69) is 21.8 Å². The number of carbonyl (C=O) groups is 1. The lowest BCUT2D eigenvalue weighted by Crippen LogP contribution is -2.35. The van der Waals surface area contributed by atoms with Crippen LogP contribution in [0, 0.1) is 12.8 Å². The number of nitrogens with zero attached hydrogens (tertiary/aromatic N) is 2. The SMILES string of the molecule is CCOC(=O)c1c(C)oc2nc(CN3CCC[C@@H](CC)C3)[nH]c(=O)c12. The van der Waals surface area contributed by atoms with Crippen LogP contribution in [0.2, 0.25) is 0 Å². The summed E-state index contributed by atoms with van der Waals surface area (Å²) in [6.45, 7) is 8.41. The van der Waals surface area contributed by atoms with Crippen molar-refractivity contribution in [2.45, 2.75) is 46.6 Å². The molecule has 0 aromatic carbocycles. The van der Waals surface area contributed by atoms with Crippen molar-refractivity contribution >= 4 is 17.1 Å². The number of aromatic nitrogens is 2. The standard InChI is InChI=1S/C18H25N3O4/c1-4-12-7-6-8-21(9-12)10-13-19-16(22)15-14(18(23)24-5-2)11(3)25-17(15)20-13/h12H,4-10H2,1-3H3,(H,19,20,22)/t12-/m1/s1. The number of carbonyl (C=O) groups excluding carboxylic acids is 1. The van der Waals surface area contributed by atoms with Crippen LogP contribution >= 0.6 is 0 Å². The van der Waals surface area contributed by atoms with E-state index in [1.807, 2.05) is 0 Å². The van der Waals surface area contributed by atoms with Crippen LogP contribution in [0.3, 0.4) is 0 Å². The molecule has 7 nitrogen and oxygen atoms in total. The zero-order valence-electron chi connectivity index (χ0n) is 15.1. The molecule has 1 saturated heterocycles. The number of nitrogens with one attached hydrogen (secondary N) is 1. The summed E-state index contributed by atoms with van der Waals surface area (Å²) in [4.78, 5) is 34.2. The van der Waals surface area contributed by atoms with Gasteiger partial charge in [-0.05, 0) is 39.2 Å². The molecule has 0 amide bonds. The molecule has 0 aliphatic carbocycles. The predicted molar refractivity (Wildman–Crippen MR) is 93.6 cm³/mol. The first kappa shape index (κ1) is 17.7. The second kappa shape index (κ2) is 7.39. The van der Waals surface area contributed by atoms with E-state index in [0.717, 1.165) is 19.5 Å². The van der Waals surface area contributed by atoms with E-state index < -0.39 is 5.97 Å². The van der Waals surface area contributed by atoms with E-state index in [0.29, 0.717) is 24.0 Å². The van der Waals surface area contributed by atoms with Crippen molar-refractivity contribution in [3.8, 4) is 0 Å². The summed E-state index contributed by atoms with van der Waals surface area (Å²) in [6.07, 6.45) is 3.59. The van der Waals surface area contributed by atoms with Gasteiger partial charge in [-0.15, -0.1) is 0 Å². The quantitative estimate of drug-likeness (QED) is 0.837. The number of likely N-dealkylation sites (tertiary alicyclic amines) is 1. The molecule has 7 heteroatoms. The van der Waals surface area contributed by atoms with Crippen molar-refractivity contribution in [3.63, 3.8) is 0 Å². The van der Waals surface area contributed by atoms with Gasteiger partial charge in [-0.1, -0.05) is 13.3 Å². The smallest absolute Gasteiger partial charge is 0.342 e. The van der Waals surface area contributed by atoms with Crippen LogP contribution in [0.1, 0.15) is 55.1 Å². The molecule has 3 heterocycles. The van der Waals surface area contributed by atoms with Gasteiger partial charge < -0.3 is 14.1 Å². The fraction of sp³-hybridized carbons (Fsp3) is 0.611. The Hall–Kier alpha value is -2.15. The number of fused-ring (bicyclic) bond motifs is 1. The number of H-pyrrole nitrogens is 1. The number of ether oxygens (including phenoxy) is 1. The molecule has 25 heavy (non-hydrogen) atoms. The van der Waals surface area contributed by atoms with Gasteiger partial charge >= 0.3 is 5.97 Å². The van der Waals surface area contributed by atoms with E-state index in [9.17, 15) is 9.59 Å². The number of esters is 1. The molecule has 2 aromatic rings. The minimum absolute atomic E-state index is 0.168. The molecule has 2 aromatic heterocycles. The molecular weight excluding hydrogens is 322 g/mol. The molecule has 0 unspecified atom stereocenters.